The normalized spacial score (nSPS) is 11.6. The Morgan fingerprint density at radius 1 is 1.29 bits per heavy atom. The summed E-state index contributed by atoms with van der Waals surface area (Å²) < 4.78 is 4.60. The van der Waals surface area contributed by atoms with Gasteiger partial charge >= 0.3 is 5.97 Å². The second kappa shape index (κ2) is 7.85. The van der Waals surface area contributed by atoms with E-state index in [1.807, 2.05) is 0 Å². The fourth-order valence-corrected chi connectivity index (χ4v) is 2.08. The van der Waals surface area contributed by atoms with Gasteiger partial charge in [0.15, 0.2) is 6.04 Å². The molecule has 1 N–H and O–H groups in total. The molecule has 0 spiro atoms. The van der Waals surface area contributed by atoms with Crippen molar-refractivity contribution in [3.63, 3.8) is 0 Å². The highest BCUT2D eigenvalue weighted by Crippen LogP contribution is 2.27. The lowest BCUT2D eigenvalue weighted by Crippen LogP contribution is -2.35. The van der Waals surface area contributed by atoms with Crippen molar-refractivity contribution in [1.29, 1.82) is 0 Å². The van der Waals surface area contributed by atoms with Crippen LogP contribution < -0.4 is 10.4 Å². The molecule has 0 saturated heterocycles. The van der Waals surface area contributed by atoms with Crippen LogP contribution in [-0.4, -0.2) is 25.0 Å². The van der Waals surface area contributed by atoms with Crippen LogP contribution in [0.4, 0.5) is 0 Å². The lowest BCUT2D eigenvalue weighted by Gasteiger charge is -2.18. The van der Waals surface area contributed by atoms with E-state index in [1.165, 1.54) is 18.2 Å². The zero-order valence-electron chi connectivity index (χ0n) is 11.0. The highest BCUT2D eigenvalue weighted by molar-refractivity contribution is 6.35. The van der Waals surface area contributed by atoms with Gasteiger partial charge in [0.1, 0.15) is 0 Å². The maximum atomic E-state index is 11.8. The molecule has 0 aliphatic carbocycles. The molecule has 6 nitrogen and oxygen atoms in total. The summed E-state index contributed by atoms with van der Waals surface area (Å²) in [6.07, 6.45) is -0.769. The van der Waals surface area contributed by atoms with E-state index in [0.717, 1.165) is 7.11 Å². The van der Waals surface area contributed by atoms with Crippen LogP contribution in [0.3, 0.4) is 0 Å². The minimum absolute atomic E-state index is 0.179. The lowest BCUT2D eigenvalue weighted by molar-refractivity contribution is -0.305. The standard InChI is InChI=1S/C13H13Cl2NO5/c1-21-13(20)12(16-10(17)4-5-11(18)19)8-3-2-7(14)6-9(8)15/h2-3,6,12H,4-5H2,1H3,(H,16,17)(H,18,19)/p-1/t12-/m0/s1. The Labute approximate surface area is 131 Å². The number of benzene rings is 1. The van der Waals surface area contributed by atoms with Crippen molar-refractivity contribution in [3.8, 4) is 0 Å². The number of carboxylic acids is 1. The lowest BCUT2D eigenvalue weighted by atomic mass is 10.1. The number of amides is 1. The highest BCUT2D eigenvalue weighted by atomic mass is 35.5. The number of ether oxygens (including phenoxy) is 1. The number of hydrogen-bond donors (Lipinski definition) is 1. The van der Waals surface area contributed by atoms with Crippen molar-refractivity contribution in [3.05, 3.63) is 33.8 Å². The van der Waals surface area contributed by atoms with Crippen molar-refractivity contribution >= 4 is 41.0 Å². The van der Waals surface area contributed by atoms with Gasteiger partial charge in [0.25, 0.3) is 0 Å². The van der Waals surface area contributed by atoms with Crippen LogP contribution in [0.1, 0.15) is 24.4 Å². The maximum Gasteiger partial charge on any atom is 0.333 e. The van der Waals surface area contributed by atoms with E-state index >= 15 is 0 Å². The van der Waals surface area contributed by atoms with Crippen LogP contribution in [0.5, 0.6) is 0 Å². The van der Waals surface area contributed by atoms with Gasteiger partial charge in [0, 0.05) is 28.0 Å². The summed E-state index contributed by atoms with van der Waals surface area (Å²) in [6.45, 7) is 0. The number of nitrogens with one attached hydrogen (secondary N) is 1. The summed E-state index contributed by atoms with van der Waals surface area (Å²) in [4.78, 5) is 33.7. The third kappa shape index (κ3) is 5.24. The number of halogens is 2. The van der Waals surface area contributed by atoms with Crippen LogP contribution in [-0.2, 0) is 19.1 Å². The molecule has 0 fully saturated rings. The van der Waals surface area contributed by atoms with E-state index in [1.54, 1.807) is 0 Å². The van der Waals surface area contributed by atoms with Gasteiger partial charge in [-0.15, -0.1) is 0 Å². The second-order valence-corrected chi connectivity index (χ2v) is 4.91. The van der Waals surface area contributed by atoms with Gasteiger partial charge < -0.3 is 20.0 Å². The first-order valence-corrected chi connectivity index (χ1v) is 6.62. The SMILES string of the molecule is COC(=O)[C@@H](NC(=O)CCC(=O)[O-])c1ccc(Cl)cc1Cl. The summed E-state index contributed by atoms with van der Waals surface area (Å²) in [6, 6.07) is 3.26. The molecule has 0 aliphatic rings. The third-order valence-corrected chi connectivity index (χ3v) is 3.13. The largest absolute Gasteiger partial charge is 0.550 e. The molecule has 1 amide bonds. The van der Waals surface area contributed by atoms with Crippen molar-refractivity contribution in [2.24, 2.45) is 0 Å². The molecule has 0 bridgehead atoms. The molecule has 21 heavy (non-hydrogen) atoms. The molecule has 0 heterocycles. The molecule has 0 unspecified atom stereocenters. The van der Waals surface area contributed by atoms with E-state index in [0.29, 0.717) is 10.6 Å². The molecule has 1 aromatic carbocycles. The van der Waals surface area contributed by atoms with Crippen molar-refractivity contribution < 1.29 is 24.2 Å². The number of rotatable bonds is 6. The number of hydrogen-bond acceptors (Lipinski definition) is 5. The Hall–Kier alpha value is -1.79. The fraction of sp³-hybridized carbons (Fsp3) is 0.308. The van der Waals surface area contributed by atoms with Gasteiger partial charge in [-0.2, -0.15) is 0 Å². The quantitative estimate of drug-likeness (QED) is 0.779. The predicted octanol–water partition coefficient (Wildman–Crippen LogP) is 0.854. The zero-order valence-corrected chi connectivity index (χ0v) is 12.5. The van der Waals surface area contributed by atoms with E-state index in [9.17, 15) is 19.5 Å². The topological polar surface area (TPSA) is 95.5 Å². The number of carboxylic acid groups (broad SMARTS) is 1. The van der Waals surface area contributed by atoms with Crippen LogP contribution in [0.2, 0.25) is 10.0 Å². The maximum absolute atomic E-state index is 11.8. The van der Waals surface area contributed by atoms with Crippen molar-refractivity contribution in [2.45, 2.75) is 18.9 Å². The molecule has 114 valence electrons. The highest BCUT2D eigenvalue weighted by Gasteiger charge is 2.25. The third-order valence-electron chi connectivity index (χ3n) is 2.57. The Kier molecular flexibility index (Phi) is 6.45. The van der Waals surface area contributed by atoms with E-state index in [-0.39, 0.29) is 11.4 Å². The van der Waals surface area contributed by atoms with Crippen LogP contribution in [0.25, 0.3) is 0 Å². The average molecular weight is 333 g/mol. The molecule has 1 aromatic rings. The molecule has 1 atom stereocenters. The second-order valence-electron chi connectivity index (χ2n) is 4.06. The Balaban J connectivity index is 2.93. The van der Waals surface area contributed by atoms with E-state index in [4.69, 9.17) is 23.2 Å². The number of methoxy groups -OCH3 is 1. The monoisotopic (exact) mass is 332 g/mol. The number of esters is 1. The van der Waals surface area contributed by atoms with Crippen molar-refractivity contribution in [1.82, 2.24) is 5.32 Å². The van der Waals surface area contributed by atoms with Crippen LogP contribution in [0, 0.1) is 0 Å². The summed E-state index contributed by atoms with van der Waals surface area (Å²) in [5.41, 5.74) is 0.301. The fourth-order valence-electron chi connectivity index (χ4n) is 1.57. The van der Waals surface area contributed by atoms with E-state index < -0.39 is 30.3 Å². The number of carbonyl (C=O) groups excluding carboxylic acids is 3. The van der Waals surface area contributed by atoms with E-state index in [2.05, 4.69) is 10.1 Å². The summed E-state index contributed by atoms with van der Waals surface area (Å²) in [5, 5.41) is 13.2. The Morgan fingerprint density at radius 2 is 1.95 bits per heavy atom. The Morgan fingerprint density at radius 3 is 2.48 bits per heavy atom. The summed E-state index contributed by atoms with van der Waals surface area (Å²) >= 11 is 11.8. The van der Waals surface area contributed by atoms with Crippen LogP contribution in [0.15, 0.2) is 18.2 Å². The molecule has 8 heteroatoms. The van der Waals surface area contributed by atoms with Gasteiger partial charge in [-0.3, -0.25) is 4.79 Å². The van der Waals surface area contributed by atoms with Gasteiger partial charge in [-0.25, -0.2) is 4.79 Å². The number of aliphatic carboxylic acids is 1. The molecule has 1 rings (SSSR count). The van der Waals surface area contributed by atoms with Gasteiger partial charge in [0.2, 0.25) is 5.91 Å². The minimum atomic E-state index is -1.36. The van der Waals surface area contributed by atoms with Crippen molar-refractivity contribution in [2.75, 3.05) is 7.11 Å². The first kappa shape index (κ1) is 17.3. The van der Waals surface area contributed by atoms with Gasteiger partial charge in [-0.05, 0) is 18.6 Å². The first-order valence-electron chi connectivity index (χ1n) is 5.87. The predicted molar refractivity (Wildman–Crippen MR) is 73.6 cm³/mol. The van der Waals surface area contributed by atoms with Gasteiger partial charge in [-0.1, -0.05) is 29.3 Å². The smallest absolute Gasteiger partial charge is 0.333 e. The van der Waals surface area contributed by atoms with Gasteiger partial charge in [0.05, 0.1) is 7.11 Å². The summed E-state index contributed by atoms with van der Waals surface area (Å²) in [5.74, 6) is -2.73. The van der Waals surface area contributed by atoms with Crippen LogP contribution >= 0.6 is 23.2 Å². The molecule has 0 saturated carbocycles. The molecule has 0 aromatic heterocycles. The minimum Gasteiger partial charge on any atom is -0.550 e. The Bertz CT molecular complexity index is 561. The molecule has 0 aliphatic heterocycles. The zero-order chi connectivity index (χ0) is 16.0. The number of carbonyl (C=O) groups is 3. The summed E-state index contributed by atoms with van der Waals surface area (Å²) in [7, 11) is 1.16. The molecular formula is C13H12Cl2NO5-. The molecule has 0 radical (unpaired) electrons. The average Bonchev–Trinajstić information content (AvgIpc) is 2.42. The first-order chi connectivity index (χ1) is 9.85. The molecular weight excluding hydrogens is 321 g/mol.